The van der Waals surface area contributed by atoms with Crippen molar-refractivity contribution in [3.05, 3.63) is 18.2 Å². The molecule has 1 aromatic carbocycles. The van der Waals surface area contributed by atoms with Gasteiger partial charge in [0.2, 0.25) is 5.91 Å². The Labute approximate surface area is 119 Å². The van der Waals surface area contributed by atoms with Gasteiger partial charge in [0, 0.05) is 35.8 Å². The molecular weight excluding hydrogens is 256 g/mol. The fourth-order valence-electron chi connectivity index (χ4n) is 2.51. The summed E-state index contributed by atoms with van der Waals surface area (Å²) in [6, 6.07) is 5.59. The van der Waals surface area contributed by atoms with E-state index in [1.807, 2.05) is 0 Å². The summed E-state index contributed by atoms with van der Waals surface area (Å²) >= 11 is 0. The van der Waals surface area contributed by atoms with Crippen LogP contribution < -0.4 is 20.5 Å². The van der Waals surface area contributed by atoms with E-state index >= 15 is 0 Å². The molecular formula is C15H22N2O3. The Morgan fingerprint density at radius 1 is 1.10 bits per heavy atom. The third-order valence-electron chi connectivity index (χ3n) is 3.76. The van der Waals surface area contributed by atoms with E-state index in [0.717, 1.165) is 25.7 Å². The van der Waals surface area contributed by atoms with Gasteiger partial charge in [-0.2, -0.15) is 0 Å². The number of anilines is 1. The molecule has 1 aromatic rings. The van der Waals surface area contributed by atoms with E-state index in [-0.39, 0.29) is 17.9 Å². The Morgan fingerprint density at radius 2 is 1.65 bits per heavy atom. The maximum atomic E-state index is 12.2. The van der Waals surface area contributed by atoms with Crippen LogP contribution >= 0.6 is 0 Å². The van der Waals surface area contributed by atoms with Crippen molar-refractivity contribution in [2.24, 2.45) is 11.7 Å². The monoisotopic (exact) mass is 278 g/mol. The van der Waals surface area contributed by atoms with Crippen LogP contribution in [0, 0.1) is 5.92 Å². The van der Waals surface area contributed by atoms with Crippen molar-refractivity contribution in [2.75, 3.05) is 19.5 Å². The number of hydrogen-bond acceptors (Lipinski definition) is 4. The van der Waals surface area contributed by atoms with Crippen LogP contribution in [-0.4, -0.2) is 26.2 Å². The van der Waals surface area contributed by atoms with E-state index in [1.54, 1.807) is 32.4 Å². The maximum Gasteiger partial charge on any atom is 0.227 e. The van der Waals surface area contributed by atoms with Gasteiger partial charge in [-0.15, -0.1) is 0 Å². The minimum atomic E-state index is 0.0481. The molecule has 1 aliphatic carbocycles. The van der Waals surface area contributed by atoms with Gasteiger partial charge in [-0.25, -0.2) is 0 Å². The predicted octanol–water partition coefficient (Wildman–Crippen LogP) is 2.16. The molecule has 2 rings (SSSR count). The van der Waals surface area contributed by atoms with Crippen molar-refractivity contribution in [3.8, 4) is 11.5 Å². The number of benzene rings is 1. The van der Waals surface area contributed by atoms with E-state index in [9.17, 15) is 4.79 Å². The molecule has 1 fully saturated rings. The predicted molar refractivity (Wildman–Crippen MR) is 78.1 cm³/mol. The molecule has 110 valence electrons. The molecule has 0 heterocycles. The number of amides is 1. The van der Waals surface area contributed by atoms with Crippen LogP contribution in [0.2, 0.25) is 0 Å². The largest absolute Gasteiger partial charge is 0.497 e. The first-order valence-electron chi connectivity index (χ1n) is 6.92. The Kier molecular flexibility index (Phi) is 4.84. The lowest BCUT2D eigenvalue weighted by Crippen LogP contribution is -2.32. The van der Waals surface area contributed by atoms with Crippen LogP contribution in [0.25, 0.3) is 0 Å². The van der Waals surface area contributed by atoms with Crippen LogP contribution in [0.3, 0.4) is 0 Å². The van der Waals surface area contributed by atoms with Gasteiger partial charge in [-0.1, -0.05) is 0 Å². The first-order chi connectivity index (χ1) is 9.62. The van der Waals surface area contributed by atoms with Crippen molar-refractivity contribution < 1.29 is 14.3 Å². The molecule has 3 N–H and O–H groups in total. The molecule has 1 saturated carbocycles. The number of nitrogens with one attached hydrogen (secondary N) is 1. The van der Waals surface area contributed by atoms with Crippen LogP contribution in [0.4, 0.5) is 5.69 Å². The summed E-state index contributed by atoms with van der Waals surface area (Å²) in [5, 5.41) is 2.94. The molecule has 0 atom stereocenters. The lowest BCUT2D eigenvalue weighted by molar-refractivity contribution is -0.120. The van der Waals surface area contributed by atoms with Gasteiger partial charge >= 0.3 is 0 Å². The Balaban J connectivity index is 2.03. The van der Waals surface area contributed by atoms with Gasteiger partial charge in [-0.3, -0.25) is 4.79 Å². The Hall–Kier alpha value is -1.75. The molecule has 20 heavy (non-hydrogen) atoms. The van der Waals surface area contributed by atoms with Crippen LogP contribution in [-0.2, 0) is 4.79 Å². The van der Waals surface area contributed by atoms with Gasteiger partial charge < -0.3 is 20.5 Å². The van der Waals surface area contributed by atoms with E-state index in [4.69, 9.17) is 15.2 Å². The third-order valence-corrected chi connectivity index (χ3v) is 3.76. The number of ether oxygens (including phenoxy) is 2. The first-order valence-corrected chi connectivity index (χ1v) is 6.92. The fourth-order valence-corrected chi connectivity index (χ4v) is 2.51. The summed E-state index contributed by atoms with van der Waals surface area (Å²) in [7, 11) is 3.17. The summed E-state index contributed by atoms with van der Waals surface area (Å²) < 4.78 is 10.4. The van der Waals surface area contributed by atoms with Crippen molar-refractivity contribution >= 4 is 11.6 Å². The van der Waals surface area contributed by atoms with E-state index in [1.165, 1.54) is 0 Å². The zero-order chi connectivity index (χ0) is 14.5. The molecule has 0 radical (unpaired) electrons. The third kappa shape index (κ3) is 3.63. The summed E-state index contributed by atoms with van der Waals surface area (Å²) in [5.74, 6) is 1.41. The highest BCUT2D eigenvalue weighted by molar-refractivity contribution is 5.93. The van der Waals surface area contributed by atoms with Crippen molar-refractivity contribution in [1.29, 1.82) is 0 Å². The maximum absolute atomic E-state index is 12.2. The average molecular weight is 278 g/mol. The minimum Gasteiger partial charge on any atom is -0.497 e. The van der Waals surface area contributed by atoms with Gasteiger partial charge in [0.25, 0.3) is 0 Å². The highest BCUT2D eigenvalue weighted by Crippen LogP contribution is 2.28. The summed E-state index contributed by atoms with van der Waals surface area (Å²) in [6.07, 6.45) is 3.54. The Bertz CT molecular complexity index is 446. The molecule has 1 amide bonds. The zero-order valence-electron chi connectivity index (χ0n) is 12.0. The minimum absolute atomic E-state index is 0.0481. The quantitative estimate of drug-likeness (QED) is 0.885. The number of carbonyl (C=O) groups is 1. The SMILES string of the molecule is COc1cc(NC(=O)C2CCC(N)CC2)cc(OC)c1. The van der Waals surface area contributed by atoms with E-state index < -0.39 is 0 Å². The standard InChI is InChI=1S/C15H22N2O3/c1-19-13-7-12(8-14(9-13)20-2)17-15(18)10-3-5-11(16)6-4-10/h7-11H,3-6,16H2,1-2H3,(H,17,18). The van der Waals surface area contributed by atoms with Crippen molar-refractivity contribution in [1.82, 2.24) is 0 Å². The normalized spacial score (nSPS) is 22.1. The molecule has 0 saturated heterocycles. The second-order valence-corrected chi connectivity index (χ2v) is 5.20. The van der Waals surface area contributed by atoms with Crippen LogP contribution in [0.5, 0.6) is 11.5 Å². The second-order valence-electron chi connectivity index (χ2n) is 5.20. The molecule has 0 bridgehead atoms. The second kappa shape index (κ2) is 6.61. The average Bonchev–Trinajstić information content (AvgIpc) is 2.47. The summed E-state index contributed by atoms with van der Waals surface area (Å²) in [6.45, 7) is 0. The first kappa shape index (κ1) is 14.7. The molecule has 0 aromatic heterocycles. The smallest absolute Gasteiger partial charge is 0.227 e. The molecule has 0 unspecified atom stereocenters. The highest BCUT2D eigenvalue weighted by Gasteiger charge is 2.24. The fraction of sp³-hybridized carbons (Fsp3) is 0.533. The zero-order valence-corrected chi connectivity index (χ0v) is 12.0. The van der Waals surface area contributed by atoms with E-state index in [2.05, 4.69) is 5.32 Å². The lowest BCUT2D eigenvalue weighted by atomic mass is 9.86. The number of methoxy groups -OCH3 is 2. The van der Waals surface area contributed by atoms with E-state index in [0.29, 0.717) is 17.2 Å². The van der Waals surface area contributed by atoms with Crippen molar-refractivity contribution in [2.45, 2.75) is 31.7 Å². The van der Waals surface area contributed by atoms with Gasteiger partial charge in [-0.05, 0) is 25.7 Å². The Morgan fingerprint density at radius 3 is 2.15 bits per heavy atom. The lowest BCUT2D eigenvalue weighted by Gasteiger charge is -2.25. The van der Waals surface area contributed by atoms with Gasteiger partial charge in [0.05, 0.1) is 14.2 Å². The number of carbonyl (C=O) groups excluding carboxylic acids is 1. The topological polar surface area (TPSA) is 73.6 Å². The number of nitrogens with two attached hydrogens (primary N) is 1. The number of hydrogen-bond donors (Lipinski definition) is 2. The molecule has 5 nitrogen and oxygen atoms in total. The molecule has 1 aliphatic rings. The molecule has 0 spiro atoms. The molecule has 0 aliphatic heterocycles. The summed E-state index contributed by atoms with van der Waals surface area (Å²) in [4.78, 5) is 12.2. The van der Waals surface area contributed by atoms with Gasteiger partial charge in [0.15, 0.2) is 0 Å². The van der Waals surface area contributed by atoms with Gasteiger partial charge in [0.1, 0.15) is 11.5 Å². The van der Waals surface area contributed by atoms with Crippen LogP contribution in [0.1, 0.15) is 25.7 Å². The summed E-state index contributed by atoms with van der Waals surface area (Å²) in [5.41, 5.74) is 6.56. The highest BCUT2D eigenvalue weighted by atomic mass is 16.5. The van der Waals surface area contributed by atoms with Crippen LogP contribution in [0.15, 0.2) is 18.2 Å². The molecule has 5 heteroatoms. The van der Waals surface area contributed by atoms with Crippen molar-refractivity contribution in [3.63, 3.8) is 0 Å². The number of rotatable bonds is 4.